The lowest BCUT2D eigenvalue weighted by molar-refractivity contribution is -0.418. The van der Waals surface area contributed by atoms with E-state index in [1.54, 1.807) is 0 Å². The van der Waals surface area contributed by atoms with Crippen LogP contribution in [0.15, 0.2) is 182 Å². The second-order valence-electron chi connectivity index (χ2n) is 17.5. The average molecular weight is 969 g/mol. The van der Waals surface area contributed by atoms with Gasteiger partial charge in [-0.05, 0) is 33.4 Å². The molecule has 0 N–H and O–H groups in total. The van der Waals surface area contributed by atoms with E-state index in [0.29, 0.717) is 0 Å². The fourth-order valence-electron chi connectivity index (χ4n) is 8.58. The van der Waals surface area contributed by atoms with Gasteiger partial charge in [0.2, 0.25) is 11.6 Å². The minimum atomic E-state index is -1.84. The van der Waals surface area contributed by atoms with Gasteiger partial charge in [-0.15, -0.1) is 0 Å². The molecular formula is C58H64O13. The van der Waals surface area contributed by atoms with Gasteiger partial charge in [0.15, 0.2) is 0 Å². The van der Waals surface area contributed by atoms with E-state index in [1.807, 2.05) is 182 Å². The van der Waals surface area contributed by atoms with E-state index in [-0.39, 0.29) is 66.3 Å². The van der Waals surface area contributed by atoms with Crippen LogP contribution in [0.1, 0.15) is 40.3 Å². The largest absolute Gasteiger partial charge is 0.460 e. The third kappa shape index (κ3) is 14.7. The smallest absolute Gasteiger partial charge is 0.302 e. The molecule has 13 heteroatoms. The molecule has 6 aromatic carbocycles. The molecule has 71 heavy (non-hydrogen) atoms. The van der Waals surface area contributed by atoms with E-state index in [0.717, 1.165) is 33.4 Å². The summed E-state index contributed by atoms with van der Waals surface area (Å²) in [5.74, 6) is -4.15. The molecule has 0 saturated carbocycles. The maximum Gasteiger partial charge on any atom is 0.302 e. The summed E-state index contributed by atoms with van der Waals surface area (Å²) in [6.07, 6.45) is -5.05. The molecule has 2 fully saturated rings. The monoisotopic (exact) mass is 968 g/mol. The highest BCUT2D eigenvalue weighted by Crippen LogP contribution is 2.40. The molecule has 374 valence electrons. The first kappa shape index (κ1) is 51.7. The van der Waals surface area contributed by atoms with Crippen LogP contribution in [-0.2, 0) is 101 Å². The van der Waals surface area contributed by atoms with Crippen molar-refractivity contribution in [3.05, 3.63) is 215 Å². The van der Waals surface area contributed by atoms with Crippen molar-refractivity contribution in [3.63, 3.8) is 0 Å². The van der Waals surface area contributed by atoms with Crippen molar-refractivity contribution in [1.82, 2.24) is 0 Å². The van der Waals surface area contributed by atoms with E-state index in [2.05, 4.69) is 0 Å². The van der Waals surface area contributed by atoms with E-state index in [4.69, 9.17) is 56.8 Å². The predicted molar refractivity (Wildman–Crippen MR) is 263 cm³/mol. The molecule has 2 aliphatic heterocycles. The number of methoxy groups -OCH3 is 1. The van der Waals surface area contributed by atoms with Gasteiger partial charge in [0, 0.05) is 14.0 Å². The number of esters is 1. The molecule has 2 aliphatic rings. The van der Waals surface area contributed by atoms with E-state index in [1.165, 1.54) is 14.0 Å². The molecule has 0 radical (unpaired) electrons. The van der Waals surface area contributed by atoms with Crippen LogP contribution in [0.3, 0.4) is 0 Å². The van der Waals surface area contributed by atoms with Gasteiger partial charge in [-0.3, -0.25) is 4.79 Å². The van der Waals surface area contributed by atoms with Gasteiger partial charge in [-0.25, -0.2) is 0 Å². The van der Waals surface area contributed by atoms with Crippen molar-refractivity contribution in [2.75, 3.05) is 40.3 Å². The van der Waals surface area contributed by atoms with Crippen molar-refractivity contribution in [2.24, 2.45) is 0 Å². The summed E-state index contributed by atoms with van der Waals surface area (Å²) in [5, 5.41) is 0. The van der Waals surface area contributed by atoms with Gasteiger partial charge in [0.1, 0.15) is 56.6 Å². The van der Waals surface area contributed by atoms with Crippen LogP contribution < -0.4 is 0 Å². The molecule has 8 rings (SSSR count). The molecule has 2 heterocycles. The maximum absolute atomic E-state index is 12.9. The van der Waals surface area contributed by atoms with Gasteiger partial charge in [-0.2, -0.15) is 0 Å². The minimum Gasteiger partial charge on any atom is -0.460 e. The van der Waals surface area contributed by atoms with Crippen molar-refractivity contribution in [1.29, 1.82) is 0 Å². The Morgan fingerprint density at radius 2 is 0.746 bits per heavy atom. The second kappa shape index (κ2) is 26.7. The summed E-state index contributed by atoms with van der Waals surface area (Å²) in [5.41, 5.74) is 5.60. The summed E-state index contributed by atoms with van der Waals surface area (Å²) in [4.78, 5) is 12.9. The Morgan fingerprint density at radius 1 is 0.437 bits per heavy atom. The Balaban J connectivity index is 1.18. The number of carbonyl (C=O) groups is 1. The first-order chi connectivity index (χ1) is 34.9. The van der Waals surface area contributed by atoms with Crippen LogP contribution in [0.5, 0.6) is 0 Å². The minimum absolute atomic E-state index is 0.00844. The molecule has 13 nitrogen and oxygen atoms in total. The zero-order valence-corrected chi connectivity index (χ0v) is 40.4. The van der Waals surface area contributed by atoms with E-state index >= 15 is 0 Å². The summed E-state index contributed by atoms with van der Waals surface area (Å²) in [6.45, 7) is 1.58. The predicted octanol–water partition coefficient (Wildman–Crippen LogP) is 9.15. The molecule has 0 spiro atoms. The average Bonchev–Trinajstić information content (AvgIpc) is 3.42. The standard InChI is InChI=1S/C58H64O13/c1-44(59)67-41-57(55(65-37-49-29-17-7-18-30-49)53(63-35-47-25-13-5-14-26-47)51(39-68-57)61-33-45-21-9-3-10-22-45)70-42-58(71-43-60-2)56(66-38-50-31-19-8-20-32-50)54(64-36-48-27-15-6-16-28-48)52(40-69-58)62-34-46-23-11-4-12-24-46/h3-32,51-56H,33-43H2,1-2H3/t51-,52-,53-,54-,55+,56+,57+,58+/m1/s1. The SMILES string of the molecule is COCO[C@]1(CO[C@]2(COC(C)=O)OC[C@@H](OCc3ccccc3)[C@@H](OCc3ccccc3)[C@@H]2OCc2ccccc2)OC[C@@H](OCc2ccccc2)[C@@H](OCc2ccccc2)[C@@H]1OCc1ccccc1. The summed E-state index contributed by atoms with van der Waals surface area (Å²) >= 11 is 0. The molecule has 2 saturated heterocycles. The first-order valence-corrected chi connectivity index (χ1v) is 24.0. The second-order valence-corrected chi connectivity index (χ2v) is 17.5. The Kier molecular flexibility index (Phi) is 19.4. The summed E-state index contributed by atoms with van der Waals surface area (Å²) in [7, 11) is 1.52. The van der Waals surface area contributed by atoms with Crippen LogP contribution in [0.25, 0.3) is 0 Å². The van der Waals surface area contributed by atoms with Crippen molar-refractivity contribution >= 4 is 5.97 Å². The normalized spacial score (nSPS) is 24.3. The Bertz CT molecular complexity index is 2420. The lowest BCUT2D eigenvalue weighted by Gasteiger charge is -2.52. The Labute approximate surface area is 416 Å². The quantitative estimate of drug-likeness (QED) is 0.0379. The molecular weight excluding hydrogens is 905 g/mol. The molecule has 0 aromatic heterocycles. The van der Waals surface area contributed by atoms with Crippen molar-refractivity contribution in [3.8, 4) is 0 Å². The highest BCUT2D eigenvalue weighted by Gasteiger charge is 2.60. The molecule has 0 aliphatic carbocycles. The van der Waals surface area contributed by atoms with Crippen LogP contribution in [0, 0.1) is 0 Å². The number of hydrogen-bond acceptors (Lipinski definition) is 13. The molecule has 0 amide bonds. The number of carbonyl (C=O) groups excluding carboxylic acids is 1. The number of rotatable bonds is 26. The van der Waals surface area contributed by atoms with Gasteiger partial charge in [0.05, 0.1) is 52.9 Å². The molecule has 8 atom stereocenters. The number of hydrogen-bond donors (Lipinski definition) is 0. The van der Waals surface area contributed by atoms with E-state index in [9.17, 15) is 4.79 Å². The van der Waals surface area contributed by atoms with Gasteiger partial charge in [0.25, 0.3) is 0 Å². The van der Waals surface area contributed by atoms with Crippen LogP contribution >= 0.6 is 0 Å². The number of benzene rings is 6. The highest BCUT2D eigenvalue weighted by atomic mass is 16.8. The zero-order valence-electron chi connectivity index (χ0n) is 40.4. The first-order valence-electron chi connectivity index (χ1n) is 24.0. The van der Waals surface area contributed by atoms with Crippen molar-refractivity contribution in [2.45, 2.75) is 94.8 Å². The zero-order chi connectivity index (χ0) is 49.0. The fraction of sp³-hybridized carbons (Fsp3) is 0.362. The van der Waals surface area contributed by atoms with Crippen molar-refractivity contribution < 1.29 is 61.6 Å². The summed E-state index contributed by atoms with van der Waals surface area (Å²) < 4.78 is 80.2. The van der Waals surface area contributed by atoms with Crippen LogP contribution in [-0.4, -0.2) is 94.5 Å². The van der Waals surface area contributed by atoms with E-state index < -0.39 is 60.8 Å². The topological polar surface area (TPSA) is 128 Å². The maximum atomic E-state index is 12.9. The van der Waals surface area contributed by atoms with Crippen LogP contribution in [0.4, 0.5) is 0 Å². The molecule has 0 unspecified atom stereocenters. The fourth-order valence-corrected chi connectivity index (χ4v) is 8.58. The highest BCUT2D eigenvalue weighted by molar-refractivity contribution is 5.66. The van der Waals surface area contributed by atoms with Gasteiger partial charge < -0.3 is 56.8 Å². The van der Waals surface area contributed by atoms with Gasteiger partial charge in [-0.1, -0.05) is 182 Å². The lowest BCUT2D eigenvalue weighted by atomic mass is 9.94. The number of ether oxygens (including phenoxy) is 12. The lowest BCUT2D eigenvalue weighted by Crippen LogP contribution is -2.70. The van der Waals surface area contributed by atoms with Crippen LogP contribution in [0.2, 0.25) is 0 Å². The molecule has 0 bridgehead atoms. The molecule has 6 aromatic rings. The third-order valence-corrected chi connectivity index (χ3v) is 12.3. The Morgan fingerprint density at radius 3 is 1.07 bits per heavy atom. The third-order valence-electron chi connectivity index (χ3n) is 12.3. The Hall–Kier alpha value is -5.65. The van der Waals surface area contributed by atoms with Gasteiger partial charge >= 0.3 is 5.97 Å². The summed E-state index contributed by atoms with van der Waals surface area (Å²) in [6, 6.07) is 59.1.